The molecule has 0 aliphatic heterocycles. The van der Waals surface area contributed by atoms with Crippen molar-refractivity contribution in [2.24, 2.45) is 11.5 Å². The van der Waals surface area contributed by atoms with Crippen LogP contribution in [0.2, 0.25) is 0 Å². The van der Waals surface area contributed by atoms with Gasteiger partial charge in [0, 0.05) is 6.04 Å². The lowest BCUT2D eigenvalue weighted by Crippen LogP contribution is -2.33. The first-order valence-corrected chi connectivity index (χ1v) is 6.45. The van der Waals surface area contributed by atoms with Gasteiger partial charge in [0.1, 0.15) is 0 Å². The molecule has 0 aliphatic rings. The van der Waals surface area contributed by atoms with Crippen LogP contribution in [0.1, 0.15) is 18.5 Å². The standard InChI is InChI=1S/C10H15N3O3S/c1-7(11)8-2-4-9(5-3-8)17(15,16)13-6-10(12)14/h2-5,7,13H,6,11H2,1H3,(H2,12,14). The van der Waals surface area contributed by atoms with Crippen molar-refractivity contribution in [2.75, 3.05) is 6.54 Å². The van der Waals surface area contributed by atoms with Crippen molar-refractivity contribution in [3.05, 3.63) is 29.8 Å². The van der Waals surface area contributed by atoms with Crippen molar-refractivity contribution in [1.82, 2.24) is 4.72 Å². The van der Waals surface area contributed by atoms with Crippen LogP contribution in [0.5, 0.6) is 0 Å². The molecule has 1 atom stereocenters. The Morgan fingerprint density at radius 3 is 2.29 bits per heavy atom. The second-order valence-corrected chi connectivity index (χ2v) is 5.42. The fourth-order valence-corrected chi connectivity index (χ4v) is 2.19. The van der Waals surface area contributed by atoms with E-state index < -0.39 is 22.5 Å². The smallest absolute Gasteiger partial charge is 0.241 e. The third kappa shape index (κ3) is 3.81. The molecule has 1 aromatic rings. The van der Waals surface area contributed by atoms with Gasteiger partial charge in [0.05, 0.1) is 11.4 Å². The maximum atomic E-state index is 11.7. The number of hydrogen-bond acceptors (Lipinski definition) is 4. The van der Waals surface area contributed by atoms with Gasteiger partial charge in [-0.05, 0) is 24.6 Å². The Morgan fingerprint density at radius 1 is 1.35 bits per heavy atom. The number of sulfonamides is 1. The maximum Gasteiger partial charge on any atom is 0.241 e. The van der Waals surface area contributed by atoms with Gasteiger partial charge in [-0.15, -0.1) is 0 Å². The van der Waals surface area contributed by atoms with Gasteiger partial charge in [-0.3, -0.25) is 4.79 Å². The molecule has 0 radical (unpaired) electrons. The third-order valence-electron chi connectivity index (χ3n) is 2.15. The Balaban J connectivity index is 2.89. The van der Waals surface area contributed by atoms with E-state index in [0.717, 1.165) is 5.56 Å². The van der Waals surface area contributed by atoms with Crippen LogP contribution >= 0.6 is 0 Å². The summed E-state index contributed by atoms with van der Waals surface area (Å²) in [7, 11) is -3.69. The highest BCUT2D eigenvalue weighted by Crippen LogP contribution is 2.14. The van der Waals surface area contributed by atoms with Gasteiger partial charge in [0.15, 0.2) is 0 Å². The molecule has 1 amide bonds. The molecule has 1 rings (SSSR count). The van der Waals surface area contributed by atoms with Crippen LogP contribution < -0.4 is 16.2 Å². The van der Waals surface area contributed by atoms with E-state index in [2.05, 4.69) is 4.72 Å². The van der Waals surface area contributed by atoms with E-state index in [0.29, 0.717) is 0 Å². The van der Waals surface area contributed by atoms with Crippen molar-refractivity contribution in [2.45, 2.75) is 17.9 Å². The van der Waals surface area contributed by atoms with Crippen LogP contribution in [-0.2, 0) is 14.8 Å². The van der Waals surface area contributed by atoms with E-state index in [9.17, 15) is 13.2 Å². The zero-order valence-electron chi connectivity index (χ0n) is 9.38. The number of carbonyl (C=O) groups is 1. The van der Waals surface area contributed by atoms with E-state index in [1.54, 1.807) is 19.1 Å². The molecular weight excluding hydrogens is 242 g/mol. The van der Waals surface area contributed by atoms with Crippen LogP contribution in [0.15, 0.2) is 29.2 Å². The Bertz CT molecular complexity index is 494. The third-order valence-corrected chi connectivity index (χ3v) is 3.57. The molecule has 5 N–H and O–H groups in total. The van der Waals surface area contributed by atoms with Gasteiger partial charge in [-0.1, -0.05) is 12.1 Å². The lowest BCUT2D eigenvalue weighted by atomic mass is 10.1. The molecule has 17 heavy (non-hydrogen) atoms. The van der Waals surface area contributed by atoms with Gasteiger partial charge in [-0.2, -0.15) is 0 Å². The highest BCUT2D eigenvalue weighted by Gasteiger charge is 2.14. The molecule has 94 valence electrons. The molecule has 0 aliphatic carbocycles. The average molecular weight is 257 g/mol. The van der Waals surface area contributed by atoms with Crippen LogP contribution in [-0.4, -0.2) is 20.9 Å². The van der Waals surface area contributed by atoms with Crippen LogP contribution in [0.25, 0.3) is 0 Å². The molecule has 0 fully saturated rings. The quantitative estimate of drug-likeness (QED) is 0.657. The molecule has 6 nitrogen and oxygen atoms in total. The zero-order valence-corrected chi connectivity index (χ0v) is 10.2. The molecule has 0 aromatic heterocycles. The van der Waals surface area contributed by atoms with E-state index in [1.807, 2.05) is 0 Å². The van der Waals surface area contributed by atoms with Gasteiger partial charge < -0.3 is 11.5 Å². The van der Waals surface area contributed by atoms with Gasteiger partial charge in [0.2, 0.25) is 15.9 Å². The Kier molecular flexibility index (Phi) is 4.22. The van der Waals surface area contributed by atoms with E-state index in [-0.39, 0.29) is 10.9 Å². The van der Waals surface area contributed by atoms with E-state index >= 15 is 0 Å². The highest BCUT2D eigenvalue weighted by atomic mass is 32.2. The Labute approximate surface area is 100 Å². The molecule has 1 unspecified atom stereocenters. The normalized spacial score (nSPS) is 13.3. The first-order valence-electron chi connectivity index (χ1n) is 4.96. The van der Waals surface area contributed by atoms with Crippen LogP contribution in [0, 0.1) is 0 Å². The number of hydrogen-bond donors (Lipinski definition) is 3. The summed E-state index contributed by atoms with van der Waals surface area (Å²) < 4.78 is 25.4. The minimum Gasteiger partial charge on any atom is -0.369 e. The molecule has 0 saturated heterocycles. The van der Waals surface area contributed by atoms with Gasteiger partial charge in [-0.25, -0.2) is 13.1 Å². The molecule has 0 saturated carbocycles. The summed E-state index contributed by atoms with van der Waals surface area (Å²) in [6.07, 6.45) is 0. The fourth-order valence-electron chi connectivity index (χ4n) is 1.20. The summed E-state index contributed by atoms with van der Waals surface area (Å²) in [4.78, 5) is 10.6. The van der Waals surface area contributed by atoms with E-state index in [4.69, 9.17) is 11.5 Å². The molecule has 0 bridgehead atoms. The first kappa shape index (κ1) is 13.6. The van der Waals surface area contributed by atoms with Crippen LogP contribution in [0.3, 0.4) is 0 Å². The summed E-state index contributed by atoms with van der Waals surface area (Å²) in [5.41, 5.74) is 11.3. The largest absolute Gasteiger partial charge is 0.369 e. The summed E-state index contributed by atoms with van der Waals surface area (Å²) in [5, 5.41) is 0. The predicted molar refractivity (Wildman–Crippen MR) is 63.4 cm³/mol. The van der Waals surface area contributed by atoms with Crippen molar-refractivity contribution in [1.29, 1.82) is 0 Å². The molecule has 0 spiro atoms. The lowest BCUT2D eigenvalue weighted by molar-refractivity contribution is -0.116. The number of rotatable bonds is 5. The average Bonchev–Trinajstić information content (AvgIpc) is 2.27. The second kappa shape index (κ2) is 5.26. The number of benzene rings is 1. The molecular formula is C10H15N3O3S. The Hall–Kier alpha value is -1.44. The number of nitrogens with two attached hydrogens (primary N) is 2. The summed E-state index contributed by atoms with van der Waals surface area (Å²) >= 11 is 0. The monoisotopic (exact) mass is 257 g/mol. The summed E-state index contributed by atoms with van der Waals surface area (Å²) in [6.45, 7) is 1.38. The van der Waals surface area contributed by atoms with E-state index in [1.165, 1.54) is 12.1 Å². The second-order valence-electron chi connectivity index (χ2n) is 3.65. The molecule has 7 heteroatoms. The number of carbonyl (C=O) groups excluding carboxylic acids is 1. The zero-order chi connectivity index (χ0) is 13.1. The minimum absolute atomic E-state index is 0.0724. The van der Waals surface area contributed by atoms with Crippen molar-refractivity contribution in [3.63, 3.8) is 0 Å². The fraction of sp³-hybridized carbons (Fsp3) is 0.300. The van der Waals surface area contributed by atoms with Crippen LogP contribution in [0.4, 0.5) is 0 Å². The number of amides is 1. The topological polar surface area (TPSA) is 115 Å². The number of nitrogens with one attached hydrogen (secondary N) is 1. The number of primary amides is 1. The van der Waals surface area contributed by atoms with Gasteiger partial charge in [0.25, 0.3) is 0 Å². The van der Waals surface area contributed by atoms with Crippen molar-refractivity contribution in [3.8, 4) is 0 Å². The highest BCUT2D eigenvalue weighted by molar-refractivity contribution is 7.89. The molecule has 1 aromatic carbocycles. The lowest BCUT2D eigenvalue weighted by Gasteiger charge is -2.08. The van der Waals surface area contributed by atoms with Crippen molar-refractivity contribution < 1.29 is 13.2 Å². The SMILES string of the molecule is CC(N)c1ccc(S(=O)(=O)NCC(N)=O)cc1. The first-order chi connectivity index (χ1) is 7.83. The van der Waals surface area contributed by atoms with Crippen molar-refractivity contribution >= 4 is 15.9 Å². The predicted octanol–water partition coefficient (Wildman–Crippen LogP) is -0.530. The van der Waals surface area contributed by atoms with Gasteiger partial charge >= 0.3 is 0 Å². The minimum atomic E-state index is -3.69. The summed E-state index contributed by atoms with van der Waals surface area (Å²) in [5.74, 6) is -0.735. The summed E-state index contributed by atoms with van der Waals surface area (Å²) in [6, 6.07) is 5.96. The maximum absolute atomic E-state index is 11.7. The Morgan fingerprint density at radius 2 is 1.88 bits per heavy atom. The molecule has 0 heterocycles.